The lowest BCUT2D eigenvalue weighted by atomic mass is 10.0. The van der Waals surface area contributed by atoms with Crippen molar-refractivity contribution in [2.75, 3.05) is 13.2 Å². The van der Waals surface area contributed by atoms with Gasteiger partial charge in [0.25, 0.3) is 5.56 Å². The fourth-order valence-electron chi connectivity index (χ4n) is 2.53. The molecule has 2 N–H and O–H groups in total. The minimum absolute atomic E-state index is 0.0412. The van der Waals surface area contributed by atoms with Crippen molar-refractivity contribution < 1.29 is 14.2 Å². The fraction of sp³-hybridized carbons (Fsp3) is 0.333. The SMILES string of the molecule is O=c1[nH]c(CC2CCOC2)nc(O)c1-c1ccccc1F. The highest BCUT2D eigenvalue weighted by Crippen LogP contribution is 2.26. The van der Waals surface area contributed by atoms with Crippen molar-refractivity contribution in [3.05, 3.63) is 46.3 Å². The highest BCUT2D eigenvalue weighted by atomic mass is 19.1. The number of hydrogen-bond donors (Lipinski definition) is 2. The minimum atomic E-state index is -0.572. The first-order valence-corrected chi connectivity index (χ1v) is 6.80. The Morgan fingerprint density at radius 3 is 2.90 bits per heavy atom. The van der Waals surface area contributed by atoms with Crippen LogP contribution in [0.3, 0.4) is 0 Å². The average Bonchev–Trinajstić information content (AvgIpc) is 2.93. The van der Waals surface area contributed by atoms with E-state index in [4.69, 9.17) is 4.74 Å². The van der Waals surface area contributed by atoms with Gasteiger partial charge in [0.05, 0.1) is 0 Å². The van der Waals surface area contributed by atoms with Gasteiger partial charge in [0, 0.05) is 25.2 Å². The molecule has 0 saturated carbocycles. The van der Waals surface area contributed by atoms with E-state index in [1.54, 1.807) is 6.07 Å². The van der Waals surface area contributed by atoms with Gasteiger partial charge in [0.15, 0.2) is 0 Å². The van der Waals surface area contributed by atoms with Gasteiger partial charge in [0.2, 0.25) is 5.88 Å². The molecule has 3 rings (SSSR count). The summed E-state index contributed by atoms with van der Waals surface area (Å²) in [7, 11) is 0. The molecule has 1 aromatic heterocycles. The number of nitrogens with zero attached hydrogens (tertiary/aromatic N) is 1. The number of benzene rings is 1. The number of aromatic nitrogens is 2. The number of rotatable bonds is 3. The topological polar surface area (TPSA) is 75.2 Å². The van der Waals surface area contributed by atoms with E-state index in [0.717, 1.165) is 6.42 Å². The van der Waals surface area contributed by atoms with Gasteiger partial charge in [-0.05, 0) is 18.4 Å². The van der Waals surface area contributed by atoms with Gasteiger partial charge >= 0.3 is 0 Å². The van der Waals surface area contributed by atoms with Gasteiger partial charge < -0.3 is 14.8 Å². The van der Waals surface area contributed by atoms with Gasteiger partial charge in [-0.25, -0.2) is 4.39 Å². The molecule has 1 aliphatic rings. The van der Waals surface area contributed by atoms with Crippen LogP contribution >= 0.6 is 0 Å². The van der Waals surface area contributed by atoms with Crippen molar-refractivity contribution in [2.45, 2.75) is 12.8 Å². The van der Waals surface area contributed by atoms with Crippen molar-refractivity contribution in [1.82, 2.24) is 9.97 Å². The summed E-state index contributed by atoms with van der Waals surface area (Å²) in [6.45, 7) is 1.33. The number of H-pyrrole nitrogens is 1. The predicted molar refractivity (Wildman–Crippen MR) is 74.5 cm³/mol. The maximum atomic E-state index is 13.8. The molecular formula is C15H15FN2O3. The smallest absolute Gasteiger partial charge is 0.262 e. The van der Waals surface area contributed by atoms with Crippen LogP contribution in [-0.2, 0) is 11.2 Å². The normalized spacial score (nSPS) is 18.0. The number of nitrogens with one attached hydrogen (secondary N) is 1. The number of hydrogen-bond acceptors (Lipinski definition) is 4. The third-order valence-electron chi connectivity index (χ3n) is 3.60. The Labute approximate surface area is 120 Å². The van der Waals surface area contributed by atoms with Crippen LogP contribution in [0, 0.1) is 11.7 Å². The van der Waals surface area contributed by atoms with E-state index >= 15 is 0 Å². The van der Waals surface area contributed by atoms with Crippen LogP contribution in [0.4, 0.5) is 4.39 Å². The molecular weight excluding hydrogens is 275 g/mol. The second-order valence-corrected chi connectivity index (χ2v) is 5.12. The van der Waals surface area contributed by atoms with Gasteiger partial charge in [0.1, 0.15) is 17.2 Å². The van der Waals surface area contributed by atoms with E-state index < -0.39 is 17.3 Å². The quantitative estimate of drug-likeness (QED) is 0.904. The molecule has 1 aromatic carbocycles. The van der Waals surface area contributed by atoms with Crippen molar-refractivity contribution in [1.29, 1.82) is 0 Å². The molecule has 0 spiro atoms. The molecule has 2 heterocycles. The van der Waals surface area contributed by atoms with E-state index in [1.165, 1.54) is 18.2 Å². The summed E-state index contributed by atoms with van der Waals surface area (Å²) in [5.41, 5.74) is -0.638. The molecule has 0 aliphatic carbocycles. The van der Waals surface area contributed by atoms with Crippen LogP contribution in [0.2, 0.25) is 0 Å². The molecule has 1 aliphatic heterocycles. The average molecular weight is 290 g/mol. The van der Waals surface area contributed by atoms with Crippen LogP contribution in [-0.4, -0.2) is 28.3 Å². The first-order chi connectivity index (χ1) is 10.1. The van der Waals surface area contributed by atoms with Crippen molar-refractivity contribution in [2.24, 2.45) is 5.92 Å². The summed E-state index contributed by atoms with van der Waals surface area (Å²) in [6, 6.07) is 5.79. The molecule has 1 unspecified atom stereocenters. The zero-order chi connectivity index (χ0) is 14.8. The van der Waals surface area contributed by atoms with E-state index in [-0.39, 0.29) is 17.0 Å². The van der Waals surface area contributed by atoms with E-state index in [0.29, 0.717) is 25.5 Å². The molecule has 5 nitrogen and oxygen atoms in total. The lowest BCUT2D eigenvalue weighted by Gasteiger charge is -2.09. The highest BCUT2D eigenvalue weighted by molar-refractivity contribution is 5.67. The Morgan fingerprint density at radius 1 is 1.43 bits per heavy atom. The molecule has 1 saturated heterocycles. The number of ether oxygens (including phenoxy) is 1. The second kappa shape index (κ2) is 5.65. The second-order valence-electron chi connectivity index (χ2n) is 5.12. The first kappa shape index (κ1) is 13.8. The Morgan fingerprint density at radius 2 is 2.24 bits per heavy atom. The lowest BCUT2D eigenvalue weighted by molar-refractivity contribution is 0.185. The summed E-state index contributed by atoms with van der Waals surface area (Å²) in [5, 5.41) is 9.99. The Hall–Kier alpha value is -2.21. The van der Waals surface area contributed by atoms with Crippen molar-refractivity contribution >= 4 is 0 Å². The van der Waals surface area contributed by atoms with Crippen LogP contribution in [0.1, 0.15) is 12.2 Å². The standard InChI is InChI=1S/C15H15FN2O3/c16-11-4-2-1-3-10(11)13-14(19)17-12(18-15(13)20)7-9-5-6-21-8-9/h1-4,9H,5-8H2,(H2,17,18,19,20). The molecule has 1 atom stereocenters. The first-order valence-electron chi connectivity index (χ1n) is 6.80. The maximum Gasteiger partial charge on any atom is 0.262 e. The Balaban J connectivity index is 1.97. The van der Waals surface area contributed by atoms with E-state index in [2.05, 4.69) is 9.97 Å². The number of aromatic hydroxyl groups is 1. The summed E-state index contributed by atoms with van der Waals surface area (Å²) < 4.78 is 19.0. The molecule has 110 valence electrons. The zero-order valence-electron chi connectivity index (χ0n) is 11.3. The third kappa shape index (κ3) is 2.80. The predicted octanol–water partition coefficient (Wildman–Crippen LogP) is 1.86. The molecule has 6 heteroatoms. The van der Waals surface area contributed by atoms with Gasteiger partial charge in [-0.2, -0.15) is 4.98 Å². The van der Waals surface area contributed by atoms with E-state index in [1.807, 2.05) is 0 Å². The van der Waals surface area contributed by atoms with Crippen LogP contribution in [0.15, 0.2) is 29.1 Å². The Bertz CT molecular complexity index is 708. The van der Waals surface area contributed by atoms with E-state index in [9.17, 15) is 14.3 Å². The summed E-state index contributed by atoms with van der Waals surface area (Å²) in [5.74, 6) is -0.338. The summed E-state index contributed by atoms with van der Waals surface area (Å²) in [4.78, 5) is 18.7. The van der Waals surface area contributed by atoms with Crippen LogP contribution in [0.5, 0.6) is 5.88 Å². The van der Waals surface area contributed by atoms with Crippen LogP contribution < -0.4 is 5.56 Å². The molecule has 0 bridgehead atoms. The van der Waals surface area contributed by atoms with Crippen LogP contribution in [0.25, 0.3) is 11.1 Å². The molecule has 0 radical (unpaired) electrons. The third-order valence-corrected chi connectivity index (χ3v) is 3.60. The molecule has 1 fully saturated rings. The highest BCUT2D eigenvalue weighted by Gasteiger charge is 2.20. The molecule has 2 aromatic rings. The summed E-state index contributed by atoms with van der Waals surface area (Å²) in [6.07, 6.45) is 1.43. The van der Waals surface area contributed by atoms with Gasteiger partial charge in [-0.1, -0.05) is 18.2 Å². The minimum Gasteiger partial charge on any atom is -0.493 e. The molecule has 21 heavy (non-hydrogen) atoms. The number of aromatic amines is 1. The summed E-state index contributed by atoms with van der Waals surface area (Å²) >= 11 is 0. The fourth-order valence-corrected chi connectivity index (χ4v) is 2.53. The Kier molecular flexibility index (Phi) is 3.70. The lowest BCUT2D eigenvalue weighted by Crippen LogP contribution is -2.17. The maximum absolute atomic E-state index is 13.8. The van der Waals surface area contributed by atoms with Crippen molar-refractivity contribution in [3.8, 4) is 17.0 Å². The largest absolute Gasteiger partial charge is 0.493 e. The number of halogens is 1. The van der Waals surface area contributed by atoms with Gasteiger partial charge in [-0.15, -0.1) is 0 Å². The molecule has 0 amide bonds. The van der Waals surface area contributed by atoms with Crippen molar-refractivity contribution in [3.63, 3.8) is 0 Å². The van der Waals surface area contributed by atoms with Gasteiger partial charge in [-0.3, -0.25) is 4.79 Å². The zero-order valence-corrected chi connectivity index (χ0v) is 11.3. The monoisotopic (exact) mass is 290 g/mol.